The first kappa shape index (κ1) is 23.9. The fourth-order valence-corrected chi connectivity index (χ4v) is 3.76. The molecule has 0 unspecified atom stereocenters. The summed E-state index contributed by atoms with van der Waals surface area (Å²) in [6, 6.07) is 7.14. The summed E-state index contributed by atoms with van der Waals surface area (Å²) in [4.78, 5) is 31.2. The van der Waals surface area contributed by atoms with Crippen LogP contribution in [0.4, 0.5) is 22.0 Å². The summed E-state index contributed by atoms with van der Waals surface area (Å²) in [7, 11) is 0. The predicted octanol–water partition coefficient (Wildman–Crippen LogP) is 5.40. The van der Waals surface area contributed by atoms with Crippen molar-refractivity contribution in [2.45, 2.75) is 20.0 Å². The SMILES string of the molecule is Cc1c(Oc2ncc(C(F)(F)F)c(C)c2-c2cc(=O)c3c(C(N)=O)cccc3[nH]2)ccc(F)c1F. The number of fused-ring (bicyclic) bond motifs is 1. The van der Waals surface area contributed by atoms with Gasteiger partial charge in [-0.05, 0) is 43.7 Å². The Bertz CT molecular complexity index is 1560. The molecule has 0 saturated carbocycles. The van der Waals surface area contributed by atoms with Crippen molar-refractivity contribution >= 4 is 16.8 Å². The third kappa shape index (κ3) is 4.20. The van der Waals surface area contributed by atoms with Gasteiger partial charge in [-0.25, -0.2) is 13.8 Å². The number of alkyl halides is 3. The van der Waals surface area contributed by atoms with Crippen LogP contribution >= 0.6 is 0 Å². The van der Waals surface area contributed by atoms with E-state index in [-0.39, 0.29) is 50.5 Å². The second-order valence-electron chi connectivity index (χ2n) is 7.70. The molecule has 0 spiro atoms. The first-order valence-corrected chi connectivity index (χ1v) is 10.1. The summed E-state index contributed by atoms with van der Waals surface area (Å²) in [6.45, 7) is 2.39. The molecular formula is C24H16F5N3O3. The zero-order chi connectivity index (χ0) is 25.7. The molecule has 0 fully saturated rings. The molecule has 1 amide bonds. The number of nitrogens with one attached hydrogen (secondary N) is 1. The van der Waals surface area contributed by atoms with Crippen LogP contribution in [0.2, 0.25) is 0 Å². The van der Waals surface area contributed by atoms with Crippen LogP contribution < -0.4 is 15.9 Å². The second-order valence-corrected chi connectivity index (χ2v) is 7.70. The molecule has 0 saturated heterocycles. The maximum Gasteiger partial charge on any atom is 0.418 e. The number of nitrogens with two attached hydrogens (primary N) is 1. The number of aromatic nitrogens is 2. The van der Waals surface area contributed by atoms with Crippen LogP contribution in [0.5, 0.6) is 11.6 Å². The van der Waals surface area contributed by atoms with Crippen LogP contribution in [-0.4, -0.2) is 15.9 Å². The van der Waals surface area contributed by atoms with Gasteiger partial charge in [0.25, 0.3) is 0 Å². The minimum Gasteiger partial charge on any atom is -0.438 e. The van der Waals surface area contributed by atoms with Gasteiger partial charge in [-0.1, -0.05) is 6.07 Å². The number of halogens is 5. The lowest BCUT2D eigenvalue weighted by Crippen LogP contribution is -2.16. The van der Waals surface area contributed by atoms with E-state index >= 15 is 0 Å². The molecule has 6 nitrogen and oxygen atoms in total. The highest BCUT2D eigenvalue weighted by molar-refractivity contribution is 6.05. The number of hydrogen-bond acceptors (Lipinski definition) is 4. The Morgan fingerprint density at radius 3 is 2.46 bits per heavy atom. The second kappa shape index (κ2) is 8.49. The lowest BCUT2D eigenvalue weighted by Gasteiger charge is -2.18. The Morgan fingerprint density at radius 2 is 1.80 bits per heavy atom. The smallest absolute Gasteiger partial charge is 0.418 e. The Kier molecular flexibility index (Phi) is 5.79. The fraction of sp³-hybridized carbons (Fsp3) is 0.125. The number of carbonyl (C=O) groups is 1. The van der Waals surface area contributed by atoms with Gasteiger partial charge in [0, 0.05) is 17.8 Å². The van der Waals surface area contributed by atoms with Gasteiger partial charge in [0.15, 0.2) is 17.1 Å². The van der Waals surface area contributed by atoms with Crippen molar-refractivity contribution in [3.63, 3.8) is 0 Å². The molecule has 35 heavy (non-hydrogen) atoms. The molecule has 0 aliphatic rings. The number of nitrogens with zero attached hydrogens (tertiary/aromatic N) is 1. The molecule has 0 radical (unpaired) electrons. The average molecular weight is 489 g/mol. The van der Waals surface area contributed by atoms with Gasteiger partial charge in [0.1, 0.15) is 5.75 Å². The summed E-state index contributed by atoms with van der Waals surface area (Å²) >= 11 is 0. The van der Waals surface area contributed by atoms with Crippen LogP contribution in [0.15, 0.2) is 47.4 Å². The van der Waals surface area contributed by atoms with E-state index < -0.39 is 34.7 Å². The van der Waals surface area contributed by atoms with Gasteiger partial charge < -0.3 is 15.5 Å². The molecule has 2 aromatic carbocycles. The first-order valence-electron chi connectivity index (χ1n) is 10.1. The minimum absolute atomic E-state index is 0.0414. The van der Waals surface area contributed by atoms with Crippen LogP contribution in [0.25, 0.3) is 22.2 Å². The highest BCUT2D eigenvalue weighted by Gasteiger charge is 2.35. The third-order valence-electron chi connectivity index (χ3n) is 5.50. The molecule has 0 aliphatic carbocycles. The third-order valence-corrected chi connectivity index (χ3v) is 5.50. The first-order chi connectivity index (χ1) is 16.4. The zero-order valence-corrected chi connectivity index (χ0v) is 18.2. The van der Waals surface area contributed by atoms with Crippen molar-refractivity contribution in [2.24, 2.45) is 5.73 Å². The number of H-pyrrole nitrogens is 1. The minimum atomic E-state index is -4.78. The standard InChI is InChI=1S/C24H16F5N3O3/c1-10-13(24(27,28)29)9-31-23(35-18-7-6-14(25)21(26)11(18)2)19(10)16-8-17(33)20-12(22(30)34)4-3-5-15(20)32-16/h3-9H,1-2H3,(H2,30,34)(H,32,33). The molecule has 2 heterocycles. The van der Waals surface area contributed by atoms with Crippen LogP contribution in [-0.2, 0) is 6.18 Å². The number of pyridine rings is 2. The Labute approximate surface area is 194 Å². The van der Waals surface area contributed by atoms with Gasteiger partial charge in [0.05, 0.1) is 33.3 Å². The summed E-state index contributed by atoms with van der Waals surface area (Å²) in [6.07, 6.45) is -4.23. The molecule has 2 aromatic heterocycles. The van der Waals surface area contributed by atoms with Gasteiger partial charge in [-0.2, -0.15) is 13.2 Å². The molecule has 11 heteroatoms. The van der Waals surface area contributed by atoms with Crippen molar-refractivity contribution in [2.75, 3.05) is 0 Å². The quantitative estimate of drug-likeness (QED) is 0.376. The number of primary amides is 1. The highest BCUT2D eigenvalue weighted by atomic mass is 19.4. The van der Waals surface area contributed by atoms with Crippen molar-refractivity contribution in [1.29, 1.82) is 0 Å². The van der Waals surface area contributed by atoms with E-state index in [1.807, 2.05) is 0 Å². The number of benzene rings is 2. The predicted molar refractivity (Wildman–Crippen MR) is 117 cm³/mol. The maximum absolute atomic E-state index is 14.0. The summed E-state index contributed by atoms with van der Waals surface area (Å²) in [5, 5.41) is -0.0414. The molecule has 180 valence electrons. The number of rotatable bonds is 4. The van der Waals surface area contributed by atoms with Gasteiger partial charge in [0.2, 0.25) is 11.8 Å². The number of amides is 1. The largest absolute Gasteiger partial charge is 0.438 e. The van der Waals surface area contributed by atoms with Crippen molar-refractivity contribution < 1.29 is 31.5 Å². The average Bonchev–Trinajstić information content (AvgIpc) is 2.78. The lowest BCUT2D eigenvalue weighted by atomic mass is 10.00. The molecule has 0 aliphatic heterocycles. The molecule has 0 bridgehead atoms. The van der Waals surface area contributed by atoms with Crippen LogP contribution in [0.3, 0.4) is 0 Å². The number of ether oxygens (including phenoxy) is 1. The number of carbonyl (C=O) groups excluding carboxylic acids is 1. The number of hydrogen-bond donors (Lipinski definition) is 2. The van der Waals surface area contributed by atoms with Crippen LogP contribution in [0, 0.1) is 25.5 Å². The number of aromatic amines is 1. The fourth-order valence-electron chi connectivity index (χ4n) is 3.76. The van der Waals surface area contributed by atoms with E-state index in [0.717, 1.165) is 25.1 Å². The molecular weight excluding hydrogens is 473 g/mol. The monoisotopic (exact) mass is 489 g/mol. The Morgan fingerprint density at radius 1 is 1.09 bits per heavy atom. The highest BCUT2D eigenvalue weighted by Crippen LogP contribution is 2.41. The van der Waals surface area contributed by atoms with E-state index in [1.54, 1.807) is 0 Å². The van der Waals surface area contributed by atoms with E-state index in [2.05, 4.69) is 9.97 Å². The van der Waals surface area contributed by atoms with Gasteiger partial charge in [-0.15, -0.1) is 0 Å². The van der Waals surface area contributed by atoms with E-state index in [9.17, 15) is 31.5 Å². The van der Waals surface area contributed by atoms with E-state index in [4.69, 9.17) is 10.5 Å². The topological polar surface area (TPSA) is 98.1 Å². The summed E-state index contributed by atoms with van der Waals surface area (Å²) in [5.74, 6) is -3.74. The lowest BCUT2D eigenvalue weighted by molar-refractivity contribution is -0.138. The molecule has 3 N–H and O–H groups in total. The van der Waals surface area contributed by atoms with Crippen molar-refractivity contribution in [3.8, 4) is 22.9 Å². The van der Waals surface area contributed by atoms with Gasteiger partial charge in [-0.3, -0.25) is 9.59 Å². The normalized spacial score (nSPS) is 11.6. The molecule has 4 rings (SSSR count). The summed E-state index contributed by atoms with van der Waals surface area (Å²) in [5.41, 5.74) is 2.74. The van der Waals surface area contributed by atoms with Crippen molar-refractivity contribution in [1.82, 2.24) is 9.97 Å². The van der Waals surface area contributed by atoms with Gasteiger partial charge >= 0.3 is 6.18 Å². The maximum atomic E-state index is 14.0. The van der Waals surface area contributed by atoms with Crippen LogP contribution in [0.1, 0.15) is 27.0 Å². The van der Waals surface area contributed by atoms with E-state index in [1.165, 1.54) is 25.1 Å². The zero-order valence-electron chi connectivity index (χ0n) is 18.2. The van der Waals surface area contributed by atoms with E-state index in [0.29, 0.717) is 6.20 Å². The Hall–Kier alpha value is -4.28. The molecule has 0 atom stereocenters. The summed E-state index contributed by atoms with van der Waals surface area (Å²) < 4.78 is 74.1. The van der Waals surface area contributed by atoms with Crippen molar-refractivity contribution in [3.05, 3.63) is 86.7 Å². The Balaban J connectivity index is 2.00. The molecule has 4 aromatic rings.